The fraction of sp³-hybridized carbons (Fsp3) is 0.429. The van der Waals surface area contributed by atoms with E-state index in [0.717, 1.165) is 15.6 Å². The standard InChI is InChI=1S/C21H25N3O6/c1-2-30-21(29)15(11-10-14-7-4-3-5-8-14)22-16-13-18(25)23-12-6-9-17(20(27)28)24(23)19(16)26/h3-9,15-17,22H,2,10-13H2,1H3,(H,27,28). The molecule has 0 radical (unpaired) electrons. The molecule has 1 saturated heterocycles. The zero-order chi connectivity index (χ0) is 21.7. The Morgan fingerprint density at radius 2 is 2.00 bits per heavy atom. The number of esters is 1. The summed E-state index contributed by atoms with van der Waals surface area (Å²) in [7, 11) is 0. The second-order valence-corrected chi connectivity index (χ2v) is 7.12. The molecule has 9 nitrogen and oxygen atoms in total. The quantitative estimate of drug-likeness (QED) is 0.469. The van der Waals surface area contributed by atoms with Gasteiger partial charge in [-0.3, -0.25) is 19.7 Å². The molecule has 2 aliphatic rings. The minimum absolute atomic E-state index is 0.135. The van der Waals surface area contributed by atoms with Crippen LogP contribution >= 0.6 is 0 Å². The number of nitrogens with one attached hydrogen (secondary N) is 1. The molecule has 0 aliphatic carbocycles. The van der Waals surface area contributed by atoms with E-state index in [9.17, 15) is 24.3 Å². The zero-order valence-corrected chi connectivity index (χ0v) is 16.7. The number of amides is 2. The Balaban J connectivity index is 1.76. The Bertz CT molecular complexity index is 840. The Labute approximate surface area is 174 Å². The van der Waals surface area contributed by atoms with Crippen LogP contribution in [0.3, 0.4) is 0 Å². The van der Waals surface area contributed by atoms with Crippen LogP contribution in [0.15, 0.2) is 42.5 Å². The number of carboxylic acids is 1. The van der Waals surface area contributed by atoms with E-state index in [-0.39, 0.29) is 25.5 Å². The van der Waals surface area contributed by atoms with Crippen molar-refractivity contribution in [2.45, 2.75) is 44.3 Å². The van der Waals surface area contributed by atoms with Gasteiger partial charge < -0.3 is 9.84 Å². The number of benzene rings is 1. The highest BCUT2D eigenvalue weighted by Gasteiger charge is 2.46. The van der Waals surface area contributed by atoms with Gasteiger partial charge in [-0.25, -0.2) is 14.8 Å². The van der Waals surface area contributed by atoms with Gasteiger partial charge in [-0.1, -0.05) is 42.5 Å². The molecular weight excluding hydrogens is 390 g/mol. The number of nitrogens with zero attached hydrogens (tertiary/aromatic N) is 2. The summed E-state index contributed by atoms with van der Waals surface area (Å²) in [4.78, 5) is 49.6. The summed E-state index contributed by atoms with van der Waals surface area (Å²) in [6.45, 7) is 2.01. The summed E-state index contributed by atoms with van der Waals surface area (Å²) in [6.07, 6.45) is 3.71. The molecule has 160 valence electrons. The molecule has 9 heteroatoms. The van der Waals surface area contributed by atoms with Gasteiger partial charge in [0.1, 0.15) is 6.04 Å². The Hall–Kier alpha value is -3.20. The van der Waals surface area contributed by atoms with Gasteiger partial charge >= 0.3 is 11.9 Å². The van der Waals surface area contributed by atoms with Gasteiger partial charge in [0, 0.05) is 0 Å². The fourth-order valence-corrected chi connectivity index (χ4v) is 3.64. The molecule has 0 saturated carbocycles. The van der Waals surface area contributed by atoms with Crippen molar-refractivity contribution in [1.82, 2.24) is 15.3 Å². The van der Waals surface area contributed by atoms with Crippen LogP contribution in [0.4, 0.5) is 0 Å². The molecule has 30 heavy (non-hydrogen) atoms. The molecular formula is C21H25N3O6. The van der Waals surface area contributed by atoms with Crippen LogP contribution < -0.4 is 5.32 Å². The number of carboxylic acid groups (broad SMARTS) is 1. The maximum absolute atomic E-state index is 13.0. The molecule has 3 unspecified atom stereocenters. The van der Waals surface area contributed by atoms with E-state index in [1.54, 1.807) is 13.0 Å². The van der Waals surface area contributed by atoms with Crippen molar-refractivity contribution in [1.29, 1.82) is 0 Å². The molecule has 2 heterocycles. The number of hydrazine groups is 1. The number of carbonyl (C=O) groups excluding carboxylic acids is 3. The lowest BCUT2D eigenvalue weighted by atomic mass is 10.0. The normalized spacial score (nSPS) is 21.9. The highest BCUT2D eigenvalue weighted by Crippen LogP contribution is 2.22. The first kappa shape index (κ1) is 21.5. The number of aryl methyl sites for hydroxylation is 1. The topological polar surface area (TPSA) is 116 Å². The van der Waals surface area contributed by atoms with Crippen LogP contribution in [0.2, 0.25) is 0 Å². The third kappa shape index (κ3) is 4.68. The largest absolute Gasteiger partial charge is 0.479 e. The van der Waals surface area contributed by atoms with E-state index in [4.69, 9.17) is 4.74 Å². The van der Waals surface area contributed by atoms with Crippen molar-refractivity contribution >= 4 is 23.8 Å². The summed E-state index contributed by atoms with van der Waals surface area (Å²) in [5.41, 5.74) is 1.03. The van der Waals surface area contributed by atoms with Crippen LogP contribution in [-0.4, -0.2) is 70.2 Å². The van der Waals surface area contributed by atoms with E-state index in [1.807, 2.05) is 30.3 Å². The van der Waals surface area contributed by atoms with E-state index >= 15 is 0 Å². The molecule has 1 aromatic rings. The van der Waals surface area contributed by atoms with E-state index in [2.05, 4.69) is 5.32 Å². The molecule has 1 aromatic carbocycles. The molecule has 3 rings (SSSR count). The zero-order valence-electron chi connectivity index (χ0n) is 16.7. The second kappa shape index (κ2) is 9.53. The van der Waals surface area contributed by atoms with Crippen molar-refractivity contribution < 1.29 is 29.0 Å². The smallest absolute Gasteiger partial charge is 0.332 e. The maximum atomic E-state index is 13.0. The first-order chi connectivity index (χ1) is 14.4. The summed E-state index contributed by atoms with van der Waals surface area (Å²) in [6, 6.07) is 6.50. The summed E-state index contributed by atoms with van der Waals surface area (Å²) >= 11 is 0. The Kier molecular flexibility index (Phi) is 6.83. The molecule has 1 fully saturated rings. The van der Waals surface area contributed by atoms with Crippen LogP contribution in [-0.2, 0) is 30.3 Å². The monoisotopic (exact) mass is 415 g/mol. The summed E-state index contributed by atoms with van der Waals surface area (Å²) < 4.78 is 5.14. The van der Waals surface area contributed by atoms with Gasteiger partial charge in [0.05, 0.1) is 25.6 Å². The first-order valence-corrected chi connectivity index (χ1v) is 9.91. The molecule has 0 spiro atoms. The van der Waals surface area contributed by atoms with Crippen LogP contribution in [0, 0.1) is 0 Å². The van der Waals surface area contributed by atoms with Crippen LogP contribution in [0.5, 0.6) is 0 Å². The highest BCUT2D eigenvalue weighted by atomic mass is 16.5. The van der Waals surface area contributed by atoms with Gasteiger partial charge in [-0.15, -0.1) is 0 Å². The van der Waals surface area contributed by atoms with Crippen LogP contribution in [0.1, 0.15) is 25.3 Å². The number of ether oxygens (including phenoxy) is 1. The lowest BCUT2D eigenvalue weighted by Crippen LogP contribution is -2.68. The minimum atomic E-state index is -1.26. The third-order valence-corrected chi connectivity index (χ3v) is 5.10. The fourth-order valence-electron chi connectivity index (χ4n) is 3.64. The molecule has 2 N–H and O–H groups in total. The van der Waals surface area contributed by atoms with Crippen molar-refractivity contribution in [3.05, 3.63) is 48.0 Å². The van der Waals surface area contributed by atoms with Crippen LogP contribution in [0.25, 0.3) is 0 Å². The lowest BCUT2D eigenvalue weighted by Gasteiger charge is -2.45. The molecule has 0 bridgehead atoms. The van der Waals surface area contributed by atoms with E-state index in [1.165, 1.54) is 6.08 Å². The van der Waals surface area contributed by atoms with Crippen molar-refractivity contribution in [2.24, 2.45) is 0 Å². The Morgan fingerprint density at radius 3 is 2.67 bits per heavy atom. The highest BCUT2D eigenvalue weighted by molar-refractivity contribution is 5.97. The van der Waals surface area contributed by atoms with Crippen molar-refractivity contribution in [3.8, 4) is 0 Å². The lowest BCUT2D eigenvalue weighted by molar-refractivity contribution is -0.182. The van der Waals surface area contributed by atoms with E-state index < -0.39 is 36.0 Å². The molecule has 2 aliphatic heterocycles. The van der Waals surface area contributed by atoms with Gasteiger partial charge in [0.25, 0.3) is 5.91 Å². The SMILES string of the molecule is CCOC(=O)C(CCc1ccccc1)NC1CC(=O)N2CC=CC(C(=O)O)N2C1=O. The number of hydrogen-bond donors (Lipinski definition) is 2. The Morgan fingerprint density at radius 1 is 1.27 bits per heavy atom. The number of carbonyl (C=O) groups is 4. The van der Waals surface area contributed by atoms with Crippen molar-refractivity contribution in [2.75, 3.05) is 13.2 Å². The number of fused-ring (bicyclic) bond motifs is 1. The molecule has 2 amide bonds. The average Bonchev–Trinajstić information content (AvgIpc) is 2.74. The average molecular weight is 415 g/mol. The number of hydrogen-bond acceptors (Lipinski definition) is 6. The van der Waals surface area contributed by atoms with Gasteiger partial charge in [0.2, 0.25) is 5.91 Å². The third-order valence-electron chi connectivity index (χ3n) is 5.10. The number of rotatable bonds is 8. The van der Waals surface area contributed by atoms with Gasteiger partial charge in [-0.2, -0.15) is 0 Å². The summed E-state index contributed by atoms with van der Waals surface area (Å²) in [5.74, 6) is -2.68. The predicted molar refractivity (Wildman–Crippen MR) is 106 cm³/mol. The first-order valence-electron chi connectivity index (χ1n) is 9.91. The maximum Gasteiger partial charge on any atom is 0.332 e. The van der Waals surface area contributed by atoms with Gasteiger partial charge in [0.15, 0.2) is 6.04 Å². The molecule has 0 aromatic heterocycles. The molecule has 3 atom stereocenters. The number of aliphatic carboxylic acids is 1. The van der Waals surface area contributed by atoms with Crippen molar-refractivity contribution in [3.63, 3.8) is 0 Å². The predicted octanol–water partition coefficient (Wildman–Crippen LogP) is 0.508. The minimum Gasteiger partial charge on any atom is -0.479 e. The van der Waals surface area contributed by atoms with E-state index in [0.29, 0.717) is 12.8 Å². The van der Waals surface area contributed by atoms with Gasteiger partial charge in [-0.05, 0) is 25.3 Å². The second-order valence-electron chi connectivity index (χ2n) is 7.12. The summed E-state index contributed by atoms with van der Waals surface area (Å²) in [5, 5.41) is 14.5.